The molecule has 0 bridgehead atoms. The number of aryl methyl sites for hydroxylation is 1. The topological polar surface area (TPSA) is 71.3 Å². The van der Waals surface area contributed by atoms with Gasteiger partial charge in [0.1, 0.15) is 0 Å². The van der Waals surface area contributed by atoms with Gasteiger partial charge in [0.15, 0.2) is 5.65 Å². The van der Waals surface area contributed by atoms with E-state index in [1.54, 1.807) is 16.9 Å². The Hall–Kier alpha value is -3.15. The van der Waals surface area contributed by atoms with Crippen molar-refractivity contribution >= 4 is 17.6 Å². The molecule has 6 nitrogen and oxygen atoms in total. The van der Waals surface area contributed by atoms with Crippen LogP contribution in [0.1, 0.15) is 21.7 Å². The molecule has 108 valence electrons. The van der Waals surface area contributed by atoms with Gasteiger partial charge in [-0.3, -0.25) is 10.2 Å². The maximum Gasteiger partial charge on any atom is 0.273 e. The van der Waals surface area contributed by atoms with E-state index < -0.39 is 0 Å². The number of nitrogens with zero attached hydrogens (tertiary/aromatic N) is 3. The molecule has 0 spiro atoms. The summed E-state index contributed by atoms with van der Waals surface area (Å²) in [5.41, 5.74) is 10.1. The summed E-state index contributed by atoms with van der Waals surface area (Å²) in [6.45, 7) is 1.95. The quantitative estimate of drug-likeness (QED) is 0.718. The van der Waals surface area contributed by atoms with E-state index in [0.29, 0.717) is 11.3 Å². The number of carbonyl (C=O) groups excluding carboxylic acids is 1. The Kier molecular flexibility index (Phi) is 2.69. The smallest absolute Gasteiger partial charge is 0.273 e. The first kappa shape index (κ1) is 12.6. The van der Waals surface area contributed by atoms with E-state index in [1.807, 2.05) is 43.3 Å². The predicted octanol–water partition coefficient (Wildman–Crippen LogP) is 1.92. The van der Waals surface area contributed by atoms with Gasteiger partial charge in [-0.1, -0.05) is 30.3 Å². The molecule has 0 radical (unpaired) electrons. The van der Waals surface area contributed by atoms with Crippen LogP contribution in [0.4, 0.5) is 0 Å². The summed E-state index contributed by atoms with van der Waals surface area (Å²) in [6, 6.07) is 10.0. The first-order valence-electron chi connectivity index (χ1n) is 6.92. The number of hydrazine groups is 1. The number of benzene rings is 1. The van der Waals surface area contributed by atoms with Crippen LogP contribution in [-0.4, -0.2) is 20.5 Å². The van der Waals surface area contributed by atoms with Crippen LogP contribution in [0, 0.1) is 6.92 Å². The zero-order valence-corrected chi connectivity index (χ0v) is 11.9. The highest BCUT2D eigenvalue weighted by molar-refractivity contribution is 5.98. The number of nitrogens with one attached hydrogen (secondary N) is 2. The minimum Gasteiger partial charge on any atom is -0.306 e. The summed E-state index contributed by atoms with van der Waals surface area (Å²) in [6.07, 6.45) is 5.07. The molecule has 1 aliphatic rings. The van der Waals surface area contributed by atoms with Crippen molar-refractivity contribution in [1.29, 1.82) is 0 Å². The zero-order chi connectivity index (χ0) is 15.1. The summed E-state index contributed by atoms with van der Waals surface area (Å²) in [7, 11) is 0. The molecule has 2 aromatic heterocycles. The van der Waals surface area contributed by atoms with Gasteiger partial charge in [0, 0.05) is 18.0 Å². The molecule has 1 aliphatic heterocycles. The van der Waals surface area contributed by atoms with Gasteiger partial charge >= 0.3 is 0 Å². The minimum atomic E-state index is -0.233. The van der Waals surface area contributed by atoms with Crippen LogP contribution < -0.4 is 10.9 Å². The van der Waals surface area contributed by atoms with Crippen molar-refractivity contribution in [3.63, 3.8) is 0 Å². The summed E-state index contributed by atoms with van der Waals surface area (Å²) >= 11 is 0. The van der Waals surface area contributed by atoms with Crippen molar-refractivity contribution in [1.82, 2.24) is 25.4 Å². The molecule has 3 aromatic rings. The summed E-state index contributed by atoms with van der Waals surface area (Å²) < 4.78 is 1.72. The van der Waals surface area contributed by atoms with E-state index >= 15 is 0 Å². The Labute approximate surface area is 126 Å². The Morgan fingerprint density at radius 3 is 2.82 bits per heavy atom. The van der Waals surface area contributed by atoms with E-state index in [2.05, 4.69) is 20.9 Å². The van der Waals surface area contributed by atoms with Crippen molar-refractivity contribution in [2.75, 3.05) is 0 Å². The molecule has 0 atom stereocenters. The van der Waals surface area contributed by atoms with Gasteiger partial charge in [0.2, 0.25) is 0 Å². The van der Waals surface area contributed by atoms with E-state index in [1.165, 1.54) is 0 Å². The molecule has 3 heterocycles. The third-order valence-corrected chi connectivity index (χ3v) is 3.67. The second-order valence-corrected chi connectivity index (χ2v) is 5.05. The van der Waals surface area contributed by atoms with Crippen molar-refractivity contribution in [2.45, 2.75) is 6.92 Å². The van der Waals surface area contributed by atoms with Crippen LogP contribution in [0.2, 0.25) is 0 Å². The lowest BCUT2D eigenvalue weighted by atomic mass is 10.1. The molecule has 22 heavy (non-hydrogen) atoms. The van der Waals surface area contributed by atoms with Gasteiger partial charge in [-0.2, -0.15) is 5.10 Å². The fourth-order valence-corrected chi connectivity index (χ4v) is 2.68. The highest BCUT2D eigenvalue weighted by atomic mass is 16.2. The first-order chi connectivity index (χ1) is 10.8. The number of carbonyl (C=O) groups is 1. The van der Waals surface area contributed by atoms with E-state index in [0.717, 1.165) is 22.5 Å². The molecule has 1 amide bonds. The second kappa shape index (κ2) is 4.70. The van der Waals surface area contributed by atoms with Crippen LogP contribution in [-0.2, 0) is 0 Å². The first-order valence-corrected chi connectivity index (χ1v) is 6.92. The molecule has 0 aliphatic carbocycles. The fourth-order valence-electron chi connectivity index (χ4n) is 2.68. The minimum absolute atomic E-state index is 0.233. The summed E-state index contributed by atoms with van der Waals surface area (Å²) in [5, 5.41) is 4.57. The Bertz CT molecular complexity index is 911. The average molecular weight is 291 g/mol. The number of amides is 1. The van der Waals surface area contributed by atoms with Crippen LogP contribution in [0.15, 0.2) is 42.7 Å². The maximum absolute atomic E-state index is 12.0. The van der Waals surface area contributed by atoms with Gasteiger partial charge in [-0.15, -0.1) is 0 Å². The third-order valence-electron chi connectivity index (χ3n) is 3.67. The number of hydrogen-bond donors (Lipinski definition) is 2. The largest absolute Gasteiger partial charge is 0.306 e. The lowest BCUT2D eigenvalue weighted by Crippen LogP contribution is -2.32. The van der Waals surface area contributed by atoms with Gasteiger partial charge in [0.25, 0.3) is 5.91 Å². The summed E-state index contributed by atoms with van der Waals surface area (Å²) in [4.78, 5) is 16.5. The Morgan fingerprint density at radius 2 is 2.00 bits per heavy atom. The van der Waals surface area contributed by atoms with Crippen molar-refractivity contribution in [3.8, 4) is 11.1 Å². The molecule has 0 saturated heterocycles. The van der Waals surface area contributed by atoms with E-state index in [9.17, 15) is 4.79 Å². The second-order valence-electron chi connectivity index (χ2n) is 5.05. The van der Waals surface area contributed by atoms with Crippen molar-refractivity contribution in [2.24, 2.45) is 0 Å². The third kappa shape index (κ3) is 1.77. The molecule has 0 saturated carbocycles. The predicted molar refractivity (Wildman–Crippen MR) is 82.8 cm³/mol. The molecular formula is C16H13N5O. The monoisotopic (exact) mass is 291 g/mol. The lowest BCUT2D eigenvalue weighted by molar-refractivity contribution is 0.0941. The van der Waals surface area contributed by atoms with Gasteiger partial charge in [-0.25, -0.2) is 9.50 Å². The zero-order valence-electron chi connectivity index (χ0n) is 11.9. The molecule has 0 fully saturated rings. The van der Waals surface area contributed by atoms with Gasteiger partial charge in [-0.05, 0) is 18.6 Å². The molecule has 0 unspecified atom stereocenters. The maximum atomic E-state index is 12.0. The van der Waals surface area contributed by atoms with Crippen LogP contribution in [0.25, 0.3) is 22.9 Å². The number of rotatable bonds is 1. The van der Waals surface area contributed by atoms with Crippen molar-refractivity contribution in [3.05, 3.63) is 59.7 Å². The SMILES string of the molecule is Cc1nn2c3c(cnc2c1-c1ccccc1)C(=O)NNC=C3. The van der Waals surface area contributed by atoms with Gasteiger partial charge in [0.05, 0.1) is 17.0 Å². The van der Waals surface area contributed by atoms with Crippen LogP contribution in [0.5, 0.6) is 0 Å². The Balaban J connectivity index is 2.05. The highest BCUT2D eigenvalue weighted by Gasteiger charge is 2.20. The van der Waals surface area contributed by atoms with Crippen molar-refractivity contribution < 1.29 is 4.79 Å². The fraction of sp³-hybridized carbons (Fsp3) is 0.0625. The Morgan fingerprint density at radius 1 is 1.18 bits per heavy atom. The van der Waals surface area contributed by atoms with Gasteiger partial charge < -0.3 is 5.43 Å². The highest BCUT2D eigenvalue weighted by Crippen LogP contribution is 2.28. The van der Waals surface area contributed by atoms with Crippen LogP contribution >= 0.6 is 0 Å². The number of aromatic nitrogens is 3. The van der Waals surface area contributed by atoms with E-state index in [-0.39, 0.29) is 5.91 Å². The summed E-state index contributed by atoms with van der Waals surface area (Å²) in [5.74, 6) is -0.233. The standard InChI is InChI=1S/C16H13N5O/c1-10-14(11-5-3-2-4-6-11)15-17-9-12-13(21(15)20-10)7-8-18-19-16(12)22/h2-9,18H,1H3,(H,19,22). The van der Waals surface area contributed by atoms with Crippen LogP contribution in [0.3, 0.4) is 0 Å². The number of hydrogen-bond acceptors (Lipinski definition) is 4. The molecule has 4 rings (SSSR count). The van der Waals surface area contributed by atoms with E-state index in [4.69, 9.17) is 0 Å². The number of fused-ring (bicyclic) bond motifs is 3. The molecular weight excluding hydrogens is 278 g/mol. The molecule has 1 aromatic carbocycles. The normalized spacial score (nSPS) is 13.4. The average Bonchev–Trinajstić information content (AvgIpc) is 2.76. The molecule has 2 N–H and O–H groups in total. The lowest BCUT2D eigenvalue weighted by Gasteiger charge is -2.05. The molecule has 6 heteroatoms.